The molecular formula is C33H60N10O5. The molecule has 1 aromatic rings. The van der Waals surface area contributed by atoms with Gasteiger partial charge in [-0.25, -0.2) is 15.6 Å². The zero-order valence-corrected chi connectivity index (χ0v) is 29.6. The minimum atomic E-state index is -0.835. The van der Waals surface area contributed by atoms with Crippen LogP contribution in [0.4, 0.5) is 0 Å². The largest absolute Gasteiger partial charge is 0.397 e. The van der Waals surface area contributed by atoms with E-state index in [2.05, 4.69) is 50.0 Å². The topological polar surface area (TPSA) is 221 Å². The number of rotatable bonds is 25. The van der Waals surface area contributed by atoms with E-state index in [9.17, 15) is 24.0 Å². The van der Waals surface area contributed by atoms with Gasteiger partial charge in [-0.2, -0.15) is 0 Å². The number of aromatic amines is 1. The number of hydrogen-bond donors (Lipinski definition) is 7. The van der Waals surface area contributed by atoms with Crippen molar-refractivity contribution in [1.29, 1.82) is 0 Å². The third-order valence-corrected chi connectivity index (χ3v) is 7.62. The van der Waals surface area contributed by atoms with E-state index in [0.29, 0.717) is 43.6 Å². The average Bonchev–Trinajstić information content (AvgIpc) is 3.04. The van der Waals surface area contributed by atoms with Crippen LogP contribution in [0.5, 0.6) is 0 Å². The minimum absolute atomic E-state index is 0.178. The van der Waals surface area contributed by atoms with Crippen LogP contribution in [0.2, 0.25) is 0 Å². The van der Waals surface area contributed by atoms with Crippen LogP contribution in [-0.2, 0) is 19.2 Å². The highest BCUT2D eigenvalue weighted by atomic mass is 16.2. The maximum absolute atomic E-state index is 13.4. The van der Waals surface area contributed by atoms with Crippen molar-refractivity contribution in [2.75, 3.05) is 39.3 Å². The van der Waals surface area contributed by atoms with Crippen molar-refractivity contribution in [2.45, 2.75) is 104 Å². The Bertz CT molecular complexity index is 1180. The first-order valence-electron chi connectivity index (χ1n) is 17.3. The Labute approximate surface area is 285 Å². The lowest BCUT2D eigenvalue weighted by atomic mass is 10.0. The van der Waals surface area contributed by atoms with Gasteiger partial charge in [-0.1, -0.05) is 34.1 Å². The molecule has 0 saturated heterocycles. The van der Waals surface area contributed by atoms with E-state index in [1.54, 1.807) is 13.1 Å². The third-order valence-electron chi connectivity index (χ3n) is 7.62. The average molecular weight is 677 g/mol. The number of nitrogens with two attached hydrogens (primary N) is 2. The van der Waals surface area contributed by atoms with Crippen LogP contribution >= 0.6 is 0 Å². The molecule has 0 aliphatic heterocycles. The molecule has 0 aromatic carbocycles. The van der Waals surface area contributed by atoms with Crippen LogP contribution in [0.15, 0.2) is 23.4 Å². The Morgan fingerprint density at radius 2 is 1.58 bits per heavy atom. The maximum Gasteiger partial charge on any atom is 0.344 e. The molecule has 0 unspecified atom stereocenters. The lowest BCUT2D eigenvalue weighted by Crippen LogP contribution is -2.56. The van der Waals surface area contributed by atoms with Gasteiger partial charge >= 0.3 is 5.69 Å². The molecule has 15 nitrogen and oxygen atoms in total. The van der Waals surface area contributed by atoms with Crippen LogP contribution in [0.25, 0.3) is 5.70 Å². The molecule has 0 saturated carbocycles. The molecular weight excluding hydrogens is 616 g/mol. The molecule has 1 rings (SSSR count). The summed E-state index contributed by atoms with van der Waals surface area (Å²) in [5.74, 6) is 4.37. The second-order valence-corrected chi connectivity index (χ2v) is 12.3. The smallest absolute Gasteiger partial charge is 0.344 e. The summed E-state index contributed by atoms with van der Waals surface area (Å²) < 4.78 is 0. The van der Waals surface area contributed by atoms with Crippen molar-refractivity contribution in [3.8, 4) is 0 Å². The summed E-state index contributed by atoms with van der Waals surface area (Å²) in [5, 5.41) is 12.4. The van der Waals surface area contributed by atoms with Crippen LogP contribution in [-0.4, -0.2) is 94.9 Å². The highest BCUT2D eigenvalue weighted by molar-refractivity contribution is 5.93. The fraction of sp³-hybridized carbons (Fsp3) is 0.697. The van der Waals surface area contributed by atoms with E-state index in [1.807, 2.05) is 13.8 Å². The Hall–Kier alpha value is -3.98. The molecule has 0 aliphatic rings. The number of carbonyl (C=O) groups excluding carboxylic acids is 4. The number of nitrogens with one attached hydrogen (secondary N) is 5. The van der Waals surface area contributed by atoms with Gasteiger partial charge < -0.3 is 41.9 Å². The fourth-order valence-corrected chi connectivity index (χ4v) is 5.09. The molecule has 0 bridgehead atoms. The summed E-state index contributed by atoms with van der Waals surface area (Å²) in [6.45, 7) is 13.5. The van der Waals surface area contributed by atoms with Crippen molar-refractivity contribution in [1.82, 2.24) is 41.1 Å². The number of aromatic nitrogens is 2. The van der Waals surface area contributed by atoms with Gasteiger partial charge in [0.1, 0.15) is 12.1 Å². The SMILES string of the molecule is CCCN(CCC)CCCC[C@H](NC(=O)[C@@H](NC(=O)CCCCCN(N)/C=C(\N)c1cnc(=O)[nH]c1)C(C)C)C(=O)NCC(=O)NCC. The predicted octanol–water partition coefficient (Wildman–Crippen LogP) is 0.933. The van der Waals surface area contributed by atoms with Crippen molar-refractivity contribution >= 4 is 29.3 Å². The summed E-state index contributed by atoms with van der Waals surface area (Å²) in [5.41, 5.74) is 6.43. The molecule has 4 amide bonds. The van der Waals surface area contributed by atoms with Gasteiger partial charge in [-0.3, -0.25) is 19.2 Å². The Morgan fingerprint density at radius 1 is 0.896 bits per heavy atom. The van der Waals surface area contributed by atoms with Crippen molar-refractivity contribution in [2.24, 2.45) is 17.5 Å². The lowest BCUT2D eigenvalue weighted by Gasteiger charge is -2.26. The minimum Gasteiger partial charge on any atom is -0.397 e. The van der Waals surface area contributed by atoms with Gasteiger partial charge in [0.25, 0.3) is 0 Å². The van der Waals surface area contributed by atoms with Crippen LogP contribution in [0.3, 0.4) is 0 Å². The molecule has 15 heteroatoms. The monoisotopic (exact) mass is 676 g/mol. The summed E-state index contributed by atoms with van der Waals surface area (Å²) in [6, 6.07) is -1.66. The van der Waals surface area contributed by atoms with Gasteiger partial charge in [0, 0.05) is 43.7 Å². The molecule has 1 aromatic heterocycles. The van der Waals surface area contributed by atoms with E-state index in [-0.39, 0.29) is 30.7 Å². The van der Waals surface area contributed by atoms with Crippen LogP contribution in [0.1, 0.15) is 98.0 Å². The number of amides is 4. The second-order valence-electron chi connectivity index (χ2n) is 12.3. The van der Waals surface area contributed by atoms with Crippen LogP contribution in [0, 0.1) is 5.92 Å². The molecule has 2 atom stereocenters. The normalized spacial score (nSPS) is 12.8. The number of hydrogen-bond acceptors (Lipinski definition) is 10. The Kier molecular flexibility index (Phi) is 21.2. The molecule has 272 valence electrons. The van der Waals surface area contributed by atoms with E-state index < -0.39 is 29.6 Å². The predicted molar refractivity (Wildman–Crippen MR) is 188 cm³/mol. The summed E-state index contributed by atoms with van der Waals surface area (Å²) >= 11 is 0. The Balaban J connectivity index is 2.67. The standard InChI is InChI=1S/C33H60N10O5/c1-6-16-42(17-7-2)18-13-11-14-27(31(46)37-22-29(45)36-8-3)40-32(47)30(24(4)5)41-28(44)15-10-9-12-19-43(35)23-26(34)25-20-38-33(48)39-21-25/h20-21,23-24,27,30H,6-19,22,34-35H2,1-5H3,(H,36,45)(H,37,46)(H,40,47)(H,41,44)(H,38,39,48)/b26-23-/t27-,30-/m0/s1. The van der Waals surface area contributed by atoms with E-state index in [0.717, 1.165) is 51.7 Å². The highest BCUT2D eigenvalue weighted by Gasteiger charge is 2.28. The molecule has 1 heterocycles. The molecule has 48 heavy (non-hydrogen) atoms. The first-order chi connectivity index (χ1) is 22.9. The number of carbonyl (C=O) groups is 4. The molecule has 9 N–H and O–H groups in total. The molecule has 0 radical (unpaired) electrons. The van der Waals surface area contributed by atoms with Crippen molar-refractivity contribution < 1.29 is 19.2 Å². The van der Waals surface area contributed by atoms with Gasteiger partial charge in [0.2, 0.25) is 23.6 Å². The van der Waals surface area contributed by atoms with Crippen LogP contribution < -0.4 is 38.5 Å². The van der Waals surface area contributed by atoms with Gasteiger partial charge in [0.15, 0.2) is 0 Å². The van der Waals surface area contributed by atoms with Crippen molar-refractivity contribution in [3.63, 3.8) is 0 Å². The Morgan fingerprint density at radius 3 is 2.19 bits per heavy atom. The van der Waals surface area contributed by atoms with E-state index in [4.69, 9.17) is 11.6 Å². The molecule has 0 spiro atoms. The summed E-state index contributed by atoms with van der Waals surface area (Å²) in [7, 11) is 0. The molecule has 0 fully saturated rings. The van der Waals surface area contributed by atoms with E-state index >= 15 is 0 Å². The first kappa shape index (κ1) is 42.0. The van der Waals surface area contributed by atoms with E-state index in [1.165, 1.54) is 17.4 Å². The number of unbranched alkanes of at least 4 members (excludes halogenated alkanes) is 3. The summed E-state index contributed by atoms with van der Waals surface area (Å²) in [6.07, 6.45) is 10.8. The number of nitrogens with zero attached hydrogens (tertiary/aromatic N) is 3. The van der Waals surface area contributed by atoms with Crippen molar-refractivity contribution in [3.05, 3.63) is 34.6 Å². The number of H-pyrrole nitrogens is 1. The summed E-state index contributed by atoms with van der Waals surface area (Å²) in [4.78, 5) is 70.9. The van der Waals surface area contributed by atoms with Gasteiger partial charge in [0.05, 0.1) is 12.2 Å². The lowest BCUT2D eigenvalue weighted by molar-refractivity contribution is -0.133. The number of hydrazine groups is 1. The fourth-order valence-electron chi connectivity index (χ4n) is 5.09. The third kappa shape index (κ3) is 17.8. The quantitative estimate of drug-likeness (QED) is 0.0441. The van der Waals surface area contributed by atoms with Gasteiger partial charge in [-0.15, -0.1) is 0 Å². The second kappa shape index (κ2) is 24.2. The zero-order chi connectivity index (χ0) is 35.9. The number of likely N-dealkylation sites (N-methyl/N-ethyl adjacent to an activating group) is 1. The maximum atomic E-state index is 13.4. The molecule has 0 aliphatic carbocycles. The zero-order valence-electron chi connectivity index (χ0n) is 29.6. The van der Waals surface area contributed by atoms with Gasteiger partial charge in [-0.05, 0) is 77.4 Å². The first-order valence-corrected chi connectivity index (χ1v) is 17.3. The highest BCUT2D eigenvalue weighted by Crippen LogP contribution is 2.10.